The van der Waals surface area contributed by atoms with Crippen molar-refractivity contribution in [2.75, 3.05) is 19.7 Å². The van der Waals surface area contributed by atoms with E-state index in [1.54, 1.807) is 5.01 Å². The van der Waals surface area contributed by atoms with Gasteiger partial charge in [0.05, 0.1) is 5.92 Å². The molecule has 1 amide bonds. The summed E-state index contributed by atoms with van der Waals surface area (Å²) < 4.78 is 5.51. The molecule has 0 radical (unpaired) electrons. The van der Waals surface area contributed by atoms with E-state index in [2.05, 4.69) is 29.7 Å². The minimum absolute atomic E-state index is 0.0286. The molecule has 1 aliphatic carbocycles. The van der Waals surface area contributed by atoms with Crippen LogP contribution in [0.4, 0.5) is 4.79 Å². The molecule has 6 heteroatoms. The number of ether oxygens (including phenoxy) is 1. The second-order valence-corrected chi connectivity index (χ2v) is 7.04. The van der Waals surface area contributed by atoms with Gasteiger partial charge in [0.1, 0.15) is 6.61 Å². The SMILES string of the molecule is O=C(NN1CCC(C(=O)O)CC1)OCC1c2ccccc2-c2ccccc21. The zero-order chi connectivity index (χ0) is 18.8. The average Bonchev–Trinajstić information content (AvgIpc) is 3.01. The number of benzene rings is 2. The smallest absolute Gasteiger partial charge is 0.421 e. The molecule has 1 fully saturated rings. The molecule has 1 aliphatic heterocycles. The molecule has 0 unspecified atom stereocenters. The van der Waals surface area contributed by atoms with Gasteiger partial charge < -0.3 is 9.84 Å². The number of piperidine rings is 1. The van der Waals surface area contributed by atoms with Gasteiger partial charge in [0.2, 0.25) is 0 Å². The fourth-order valence-electron chi connectivity index (χ4n) is 4.00. The maximum absolute atomic E-state index is 12.2. The summed E-state index contributed by atoms with van der Waals surface area (Å²) in [6.07, 6.45) is 0.559. The lowest BCUT2D eigenvalue weighted by Gasteiger charge is -2.29. The van der Waals surface area contributed by atoms with Crippen molar-refractivity contribution < 1.29 is 19.4 Å². The van der Waals surface area contributed by atoms with Gasteiger partial charge in [-0.15, -0.1) is 0 Å². The summed E-state index contributed by atoms with van der Waals surface area (Å²) in [5.74, 6) is -1.07. The summed E-state index contributed by atoms with van der Waals surface area (Å²) in [5.41, 5.74) is 7.46. The van der Waals surface area contributed by atoms with E-state index in [1.807, 2.05) is 24.3 Å². The number of rotatable bonds is 4. The Morgan fingerprint density at radius 1 is 1.00 bits per heavy atom. The van der Waals surface area contributed by atoms with Crippen LogP contribution in [0.2, 0.25) is 0 Å². The van der Waals surface area contributed by atoms with Crippen LogP contribution in [0.3, 0.4) is 0 Å². The molecule has 0 saturated carbocycles. The van der Waals surface area contributed by atoms with Crippen molar-refractivity contribution >= 4 is 12.1 Å². The lowest BCUT2D eigenvalue weighted by atomic mass is 9.98. The molecule has 2 aromatic rings. The van der Waals surface area contributed by atoms with Crippen LogP contribution in [-0.4, -0.2) is 41.9 Å². The molecule has 2 aromatic carbocycles. The topological polar surface area (TPSA) is 78.9 Å². The van der Waals surface area contributed by atoms with Crippen LogP contribution in [0.1, 0.15) is 29.9 Å². The highest BCUT2D eigenvalue weighted by Crippen LogP contribution is 2.44. The van der Waals surface area contributed by atoms with Crippen molar-refractivity contribution in [1.29, 1.82) is 0 Å². The number of amides is 1. The van der Waals surface area contributed by atoms with Gasteiger partial charge in [-0.2, -0.15) is 0 Å². The first-order valence-corrected chi connectivity index (χ1v) is 9.23. The zero-order valence-corrected chi connectivity index (χ0v) is 14.9. The van der Waals surface area contributed by atoms with E-state index >= 15 is 0 Å². The molecule has 0 bridgehead atoms. The average molecular weight is 366 g/mol. The van der Waals surface area contributed by atoms with Crippen LogP contribution in [-0.2, 0) is 9.53 Å². The van der Waals surface area contributed by atoms with Gasteiger partial charge in [-0.25, -0.2) is 9.80 Å². The molecular weight excluding hydrogens is 344 g/mol. The number of carboxylic acids is 1. The predicted octanol–water partition coefficient (Wildman–Crippen LogP) is 3.24. The summed E-state index contributed by atoms with van der Waals surface area (Å²) in [6, 6.07) is 16.4. The molecule has 1 saturated heterocycles. The van der Waals surface area contributed by atoms with Crippen LogP contribution in [0, 0.1) is 5.92 Å². The summed E-state index contributed by atoms with van der Waals surface area (Å²) in [5, 5.41) is 10.8. The number of carbonyl (C=O) groups excluding carboxylic acids is 1. The summed E-state index contributed by atoms with van der Waals surface area (Å²) in [6.45, 7) is 1.30. The van der Waals surface area contributed by atoms with E-state index in [0.717, 1.165) is 0 Å². The van der Waals surface area contributed by atoms with Gasteiger partial charge in [-0.05, 0) is 35.1 Å². The number of hydrogen-bond acceptors (Lipinski definition) is 4. The first-order valence-electron chi connectivity index (χ1n) is 9.23. The normalized spacial score (nSPS) is 17.2. The molecule has 0 atom stereocenters. The molecule has 27 heavy (non-hydrogen) atoms. The molecule has 6 nitrogen and oxygen atoms in total. The second-order valence-electron chi connectivity index (χ2n) is 7.04. The first-order chi connectivity index (χ1) is 13.1. The van der Waals surface area contributed by atoms with Crippen molar-refractivity contribution in [1.82, 2.24) is 10.4 Å². The van der Waals surface area contributed by atoms with Crippen LogP contribution >= 0.6 is 0 Å². The van der Waals surface area contributed by atoms with Crippen molar-refractivity contribution in [2.24, 2.45) is 5.92 Å². The van der Waals surface area contributed by atoms with Crippen LogP contribution in [0.25, 0.3) is 11.1 Å². The van der Waals surface area contributed by atoms with Gasteiger partial charge in [0.15, 0.2) is 0 Å². The maximum Gasteiger partial charge on any atom is 0.421 e. The number of hydrogen-bond donors (Lipinski definition) is 2. The van der Waals surface area contributed by atoms with Crippen molar-refractivity contribution in [3.63, 3.8) is 0 Å². The highest BCUT2D eigenvalue weighted by atomic mass is 16.6. The molecule has 1 heterocycles. The van der Waals surface area contributed by atoms with Gasteiger partial charge >= 0.3 is 12.1 Å². The Balaban J connectivity index is 1.37. The van der Waals surface area contributed by atoms with Crippen molar-refractivity contribution in [3.05, 3.63) is 59.7 Å². The van der Waals surface area contributed by atoms with E-state index < -0.39 is 12.1 Å². The number of carboxylic acid groups (broad SMARTS) is 1. The van der Waals surface area contributed by atoms with E-state index in [4.69, 9.17) is 9.84 Å². The largest absolute Gasteiger partial charge is 0.481 e. The number of aliphatic carboxylic acids is 1. The highest BCUT2D eigenvalue weighted by molar-refractivity contribution is 5.79. The number of fused-ring (bicyclic) bond motifs is 3. The van der Waals surface area contributed by atoms with Gasteiger partial charge in [-0.3, -0.25) is 10.2 Å². The minimum Gasteiger partial charge on any atom is -0.481 e. The van der Waals surface area contributed by atoms with Crippen LogP contribution in [0.15, 0.2) is 48.5 Å². The Morgan fingerprint density at radius 3 is 2.11 bits per heavy atom. The Bertz CT molecular complexity index is 813. The number of hydrazine groups is 1. The molecule has 140 valence electrons. The van der Waals surface area contributed by atoms with Gasteiger partial charge in [-0.1, -0.05) is 48.5 Å². The predicted molar refractivity (Wildman–Crippen MR) is 100 cm³/mol. The highest BCUT2D eigenvalue weighted by Gasteiger charge is 2.30. The Hall–Kier alpha value is -2.86. The quantitative estimate of drug-likeness (QED) is 0.868. The summed E-state index contributed by atoms with van der Waals surface area (Å²) in [4.78, 5) is 23.2. The number of nitrogens with zero attached hydrogens (tertiary/aromatic N) is 1. The van der Waals surface area contributed by atoms with Crippen molar-refractivity contribution in [3.8, 4) is 11.1 Å². The molecule has 2 aliphatic rings. The molecular formula is C21H22N2O4. The Morgan fingerprint density at radius 2 is 1.56 bits per heavy atom. The third-order valence-corrected chi connectivity index (χ3v) is 5.44. The summed E-state index contributed by atoms with van der Waals surface area (Å²) in [7, 11) is 0. The fourth-order valence-corrected chi connectivity index (χ4v) is 4.00. The third-order valence-electron chi connectivity index (χ3n) is 5.44. The van der Waals surface area contributed by atoms with Crippen LogP contribution in [0.5, 0.6) is 0 Å². The second kappa shape index (κ2) is 7.40. The van der Waals surface area contributed by atoms with E-state index in [-0.39, 0.29) is 18.4 Å². The van der Waals surface area contributed by atoms with E-state index in [1.165, 1.54) is 22.3 Å². The zero-order valence-electron chi connectivity index (χ0n) is 14.9. The monoisotopic (exact) mass is 366 g/mol. The lowest BCUT2D eigenvalue weighted by molar-refractivity contribution is -0.143. The van der Waals surface area contributed by atoms with E-state index in [0.29, 0.717) is 25.9 Å². The standard InChI is InChI=1S/C21H22N2O4/c24-20(25)14-9-11-23(12-10-14)22-21(26)27-13-19-17-7-3-1-5-15(17)16-6-2-4-8-18(16)19/h1-8,14,19H,9-13H2,(H,22,26)(H,24,25). The first kappa shape index (κ1) is 17.5. The van der Waals surface area contributed by atoms with Gasteiger partial charge in [0, 0.05) is 19.0 Å². The molecule has 0 spiro atoms. The lowest BCUT2D eigenvalue weighted by Crippen LogP contribution is -2.47. The summed E-state index contributed by atoms with van der Waals surface area (Å²) >= 11 is 0. The van der Waals surface area contributed by atoms with E-state index in [9.17, 15) is 9.59 Å². The Labute approximate surface area is 157 Å². The maximum atomic E-state index is 12.2. The van der Waals surface area contributed by atoms with Gasteiger partial charge in [0.25, 0.3) is 0 Å². The molecule has 0 aromatic heterocycles. The third kappa shape index (κ3) is 3.53. The number of carbonyl (C=O) groups is 2. The molecule has 4 rings (SSSR count). The molecule has 2 N–H and O–H groups in total. The minimum atomic E-state index is -0.768. The van der Waals surface area contributed by atoms with Crippen molar-refractivity contribution in [2.45, 2.75) is 18.8 Å². The Kier molecular flexibility index (Phi) is 4.81. The fraction of sp³-hybridized carbons (Fsp3) is 0.333. The van der Waals surface area contributed by atoms with Crippen LogP contribution < -0.4 is 5.43 Å². The number of nitrogens with one attached hydrogen (secondary N) is 1.